The zero-order valence-corrected chi connectivity index (χ0v) is 12.9. The van der Waals surface area contributed by atoms with Crippen LogP contribution in [0, 0.1) is 0 Å². The minimum Gasteiger partial charge on any atom is -0.375 e. The molecule has 0 spiro atoms. The van der Waals surface area contributed by atoms with Crippen molar-refractivity contribution in [3.8, 4) is 0 Å². The summed E-state index contributed by atoms with van der Waals surface area (Å²) in [5, 5.41) is 4.62. The molecule has 0 saturated heterocycles. The normalized spacial score (nSPS) is 13.7. The van der Waals surface area contributed by atoms with Crippen molar-refractivity contribution in [3.63, 3.8) is 0 Å². The molecule has 0 radical (unpaired) electrons. The molecule has 0 heterocycles. The molecule has 0 aromatic heterocycles. The van der Waals surface area contributed by atoms with Gasteiger partial charge in [0.05, 0.1) is 15.6 Å². The average Bonchev–Trinajstić information content (AvgIpc) is 2.30. The molecule has 1 N–H and O–H groups in total. The molecule has 0 fully saturated rings. The van der Waals surface area contributed by atoms with Crippen molar-refractivity contribution in [2.75, 3.05) is 13.2 Å². The Morgan fingerprint density at radius 2 is 1.94 bits per heavy atom. The van der Waals surface area contributed by atoms with E-state index in [0.717, 1.165) is 18.7 Å². The summed E-state index contributed by atoms with van der Waals surface area (Å²) in [6, 6.07) is 5.92. The van der Waals surface area contributed by atoms with E-state index in [4.69, 9.17) is 27.9 Å². The third-order valence-electron chi connectivity index (χ3n) is 2.81. The van der Waals surface area contributed by atoms with Gasteiger partial charge in [-0.3, -0.25) is 0 Å². The number of benzene rings is 1. The number of rotatable bonds is 6. The van der Waals surface area contributed by atoms with Crippen LogP contribution in [0.5, 0.6) is 0 Å². The van der Waals surface area contributed by atoms with Gasteiger partial charge in [0.15, 0.2) is 0 Å². The van der Waals surface area contributed by atoms with Crippen LogP contribution in [-0.4, -0.2) is 18.8 Å². The Labute approximate surface area is 120 Å². The van der Waals surface area contributed by atoms with Crippen molar-refractivity contribution in [1.29, 1.82) is 0 Å². The fourth-order valence-corrected chi connectivity index (χ4v) is 2.05. The maximum atomic E-state index is 6.01. The highest BCUT2D eigenvalue weighted by molar-refractivity contribution is 6.42. The molecule has 0 saturated carbocycles. The van der Waals surface area contributed by atoms with Crippen LogP contribution < -0.4 is 5.32 Å². The van der Waals surface area contributed by atoms with Gasteiger partial charge in [-0.15, -0.1) is 0 Å². The minimum absolute atomic E-state index is 0.167. The molecule has 0 aliphatic rings. The molecule has 1 aromatic rings. The molecule has 1 atom stereocenters. The lowest BCUT2D eigenvalue weighted by molar-refractivity contribution is -0.0103. The van der Waals surface area contributed by atoms with E-state index in [-0.39, 0.29) is 11.6 Å². The molecule has 2 nitrogen and oxygen atoms in total. The van der Waals surface area contributed by atoms with E-state index in [1.54, 1.807) is 0 Å². The van der Waals surface area contributed by atoms with Gasteiger partial charge in [0.25, 0.3) is 0 Å². The predicted octanol–water partition coefficient (Wildman–Crippen LogP) is 4.46. The molecule has 1 rings (SSSR count). The van der Waals surface area contributed by atoms with E-state index in [1.807, 2.05) is 25.1 Å². The predicted molar refractivity (Wildman–Crippen MR) is 78.6 cm³/mol. The van der Waals surface area contributed by atoms with Gasteiger partial charge in [0.2, 0.25) is 0 Å². The Bertz CT molecular complexity index is 393. The van der Waals surface area contributed by atoms with E-state index < -0.39 is 0 Å². The number of halogens is 2. The van der Waals surface area contributed by atoms with E-state index >= 15 is 0 Å². The van der Waals surface area contributed by atoms with Crippen LogP contribution in [0.25, 0.3) is 0 Å². The van der Waals surface area contributed by atoms with E-state index in [1.165, 1.54) is 0 Å². The second-order valence-electron chi connectivity index (χ2n) is 4.97. The fourth-order valence-electron chi connectivity index (χ4n) is 1.74. The van der Waals surface area contributed by atoms with Crippen molar-refractivity contribution in [3.05, 3.63) is 33.8 Å². The van der Waals surface area contributed by atoms with Crippen LogP contribution in [-0.2, 0) is 4.74 Å². The quantitative estimate of drug-likeness (QED) is 0.835. The Morgan fingerprint density at radius 1 is 1.28 bits per heavy atom. The Hall–Kier alpha value is -0.280. The maximum Gasteiger partial charge on any atom is 0.0750 e. The summed E-state index contributed by atoms with van der Waals surface area (Å²) in [5.74, 6) is 0. The number of hydrogen-bond donors (Lipinski definition) is 1. The lowest BCUT2D eigenvalue weighted by Gasteiger charge is -2.27. The lowest BCUT2D eigenvalue weighted by Crippen LogP contribution is -2.38. The summed E-state index contributed by atoms with van der Waals surface area (Å²) in [6.07, 6.45) is 0. The third kappa shape index (κ3) is 4.77. The molecule has 18 heavy (non-hydrogen) atoms. The van der Waals surface area contributed by atoms with Crippen LogP contribution in [0.1, 0.15) is 39.3 Å². The average molecular weight is 290 g/mol. The van der Waals surface area contributed by atoms with Crippen LogP contribution in [0.4, 0.5) is 0 Å². The summed E-state index contributed by atoms with van der Waals surface area (Å²) in [6.45, 7) is 9.75. The summed E-state index contributed by atoms with van der Waals surface area (Å²) >= 11 is 11.9. The second kappa shape index (κ2) is 6.76. The van der Waals surface area contributed by atoms with Crippen molar-refractivity contribution in [1.82, 2.24) is 5.32 Å². The summed E-state index contributed by atoms with van der Waals surface area (Å²) in [5.41, 5.74) is 0.955. The van der Waals surface area contributed by atoms with Gasteiger partial charge in [-0.05, 0) is 45.4 Å². The Balaban J connectivity index is 2.60. The van der Waals surface area contributed by atoms with Crippen LogP contribution >= 0.6 is 23.2 Å². The molecule has 0 amide bonds. The van der Waals surface area contributed by atoms with Crippen molar-refractivity contribution in [2.45, 2.75) is 39.3 Å². The van der Waals surface area contributed by atoms with Gasteiger partial charge in [-0.1, -0.05) is 29.3 Å². The SMILES string of the molecule is CCOC(C)(C)CNC(C)c1ccc(Cl)c(Cl)c1. The summed E-state index contributed by atoms with van der Waals surface area (Å²) in [7, 11) is 0. The molecule has 0 aliphatic carbocycles. The van der Waals surface area contributed by atoms with Gasteiger partial charge in [-0.2, -0.15) is 0 Å². The highest BCUT2D eigenvalue weighted by Gasteiger charge is 2.18. The first-order chi connectivity index (χ1) is 8.35. The largest absolute Gasteiger partial charge is 0.375 e. The molecular weight excluding hydrogens is 269 g/mol. The van der Waals surface area contributed by atoms with E-state index in [2.05, 4.69) is 26.1 Å². The van der Waals surface area contributed by atoms with Gasteiger partial charge in [0.1, 0.15) is 0 Å². The zero-order chi connectivity index (χ0) is 13.8. The standard InChI is InChI=1S/C14H21Cl2NO/c1-5-18-14(3,4)9-17-10(2)11-6-7-12(15)13(16)8-11/h6-8,10,17H,5,9H2,1-4H3. The first-order valence-electron chi connectivity index (χ1n) is 6.18. The molecule has 0 bridgehead atoms. The number of nitrogens with one attached hydrogen (secondary N) is 1. The first-order valence-corrected chi connectivity index (χ1v) is 6.93. The van der Waals surface area contributed by atoms with Crippen LogP contribution in [0.3, 0.4) is 0 Å². The molecular formula is C14H21Cl2NO. The van der Waals surface area contributed by atoms with Crippen molar-refractivity contribution >= 4 is 23.2 Å². The maximum absolute atomic E-state index is 6.01. The molecule has 1 aromatic carbocycles. The highest BCUT2D eigenvalue weighted by Crippen LogP contribution is 2.25. The first kappa shape index (κ1) is 15.8. The molecule has 4 heteroatoms. The van der Waals surface area contributed by atoms with Gasteiger partial charge >= 0.3 is 0 Å². The molecule has 0 aliphatic heterocycles. The summed E-state index contributed by atoms with van der Waals surface area (Å²) in [4.78, 5) is 0. The van der Waals surface area contributed by atoms with Crippen LogP contribution in [0.15, 0.2) is 18.2 Å². The highest BCUT2D eigenvalue weighted by atomic mass is 35.5. The van der Waals surface area contributed by atoms with Crippen LogP contribution in [0.2, 0.25) is 10.0 Å². The van der Waals surface area contributed by atoms with Gasteiger partial charge in [-0.25, -0.2) is 0 Å². The van der Waals surface area contributed by atoms with Crippen molar-refractivity contribution in [2.24, 2.45) is 0 Å². The number of ether oxygens (including phenoxy) is 1. The minimum atomic E-state index is -0.167. The number of hydrogen-bond acceptors (Lipinski definition) is 2. The zero-order valence-electron chi connectivity index (χ0n) is 11.4. The monoisotopic (exact) mass is 289 g/mol. The van der Waals surface area contributed by atoms with Gasteiger partial charge < -0.3 is 10.1 Å². The smallest absolute Gasteiger partial charge is 0.0750 e. The van der Waals surface area contributed by atoms with E-state index in [9.17, 15) is 0 Å². The Kier molecular flexibility index (Phi) is 5.93. The molecule has 1 unspecified atom stereocenters. The lowest BCUT2D eigenvalue weighted by atomic mass is 10.1. The Morgan fingerprint density at radius 3 is 2.50 bits per heavy atom. The second-order valence-corrected chi connectivity index (χ2v) is 5.78. The molecule has 102 valence electrons. The third-order valence-corrected chi connectivity index (χ3v) is 3.55. The van der Waals surface area contributed by atoms with Gasteiger partial charge in [0, 0.05) is 19.2 Å². The summed E-state index contributed by atoms with van der Waals surface area (Å²) < 4.78 is 5.65. The van der Waals surface area contributed by atoms with E-state index in [0.29, 0.717) is 10.0 Å². The topological polar surface area (TPSA) is 21.3 Å². The fraction of sp³-hybridized carbons (Fsp3) is 0.571. The van der Waals surface area contributed by atoms with Crippen molar-refractivity contribution < 1.29 is 4.74 Å².